The van der Waals surface area contributed by atoms with Gasteiger partial charge in [-0.2, -0.15) is 5.10 Å². The van der Waals surface area contributed by atoms with E-state index < -0.39 is 0 Å². The standard InChI is InChI=1S/C17H11BrN4OS/c18-12-8-20-22(9-12)15-4-2-1-3-13(15)21-17(23)11-5-6-14-16(7-11)24-10-19-14/h1-10H,(H,21,23). The number of hydrogen-bond acceptors (Lipinski definition) is 4. The van der Waals surface area contributed by atoms with E-state index >= 15 is 0 Å². The molecule has 2 aromatic carbocycles. The van der Waals surface area contributed by atoms with Gasteiger partial charge in [0.2, 0.25) is 0 Å². The van der Waals surface area contributed by atoms with Crippen LogP contribution in [0.5, 0.6) is 0 Å². The SMILES string of the molecule is O=C(Nc1ccccc1-n1cc(Br)cn1)c1ccc2ncsc2c1. The predicted octanol–water partition coefficient (Wildman–Crippen LogP) is 4.50. The van der Waals surface area contributed by atoms with Crippen molar-refractivity contribution in [3.8, 4) is 5.69 Å². The number of nitrogens with zero attached hydrogens (tertiary/aromatic N) is 3. The Hall–Kier alpha value is -2.51. The second-order valence-electron chi connectivity index (χ2n) is 5.11. The molecule has 5 nitrogen and oxygen atoms in total. The number of hydrogen-bond donors (Lipinski definition) is 1. The van der Waals surface area contributed by atoms with Crippen LogP contribution in [-0.4, -0.2) is 20.7 Å². The van der Waals surface area contributed by atoms with Crippen molar-refractivity contribution in [3.63, 3.8) is 0 Å². The molecule has 1 amide bonds. The number of amides is 1. The number of fused-ring (bicyclic) bond motifs is 1. The highest BCUT2D eigenvalue weighted by Gasteiger charge is 2.12. The van der Waals surface area contributed by atoms with Gasteiger partial charge in [0.1, 0.15) is 0 Å². The zero-order valence-electron chi connectivity index (χ0n) is 12.3. The average Bonchev–Trinajstić information content (AvgIpc) is 3.23. The van der Waals surface area contributed by atoms with Gasteiger partial charge in [-0.25, -0.2) is 9.67 Å². The van der Waals surface area contributed by atoms with E-state index in [9.17, 15) is 4.79 Å². The summed E-state index contributed by atoms with van der Waals surface area (Å²) in [6, 6.07) is 13.0. The summed E-state index contributed by atoms with van der Waals surface area (Å²) in [5.41, 5.74) is 4.77. The molecule has 0 unspecified atom stereocenters. The van der Waals surface area contributed by atoms with E-state index in [0.29, 0.717) is 11.3 Å². The van der Waals surface area contributed by atoms with E-state index in [0.717, 1.165) is 20.4 Å². The summed E-state index contributed by atoms with van der Waals surface area (Å²) < 4.78 is 3.58. The van der Waals surface area contributed by atoms with Crippen LogP contribution in [0.4, 0.5) is 5.69 Å². The molecule has 118 valence electrons. The van der Waals surface area contributed by atoms with Crippen molar-refractivity contribution >= 4 is 49.1 Å². The van der Waals surface area contributed by atoms with Gasteiger partial charge in [0.25, 0.3) is 5.91 Å². The Balaban J connectivity index is 1.66. The lowest BCUT2D eigenvalue weighted by molar-refractivity contribution is 0.102. The van der Waals surface area contributed by atoms with Crippen LogP contribution >= 0.6 is 27.3 Å². The van der Waals surface area contributed by atoms with Gasteiger partial charge in [0.15, 0.2) is 0 Å². The van der Waals surface area contributed by atoms with Crippen LogP contribution in [-0.2, 0) is 0 Å². The summed E-state index contributed by atoms with van der Waals surface area (Å²) in [5.74, 6) is -0.163. The lowest BCUT2D eigenvalue weighted by atomic mass is 10.2. The summed E-state index contributed by atoms with van der Waals surface area (Å²) in [6.45, 7) is 0. The largest absolute Gasteiger partial charge is 0.320 e. The van der Waals surface area contributed by atoms with Gasteiger partial charge in [-0.3, -0.25) is 4.79 Å². The monoisotopic (exact) mass is 398 g/mol. The Labute approximate surface area is 150 Å². The minimum atomic E-state index is -0.163. The topological polar surface area (TPSA) is 59.8 Å². The van der Waals surface area contributed by atoms with Gasteiger partial charge < -0.3 is 5.32 Å². The number of halogens is 1. The van der Waals surface area contributed by atoms with E-state index in [1.807, 2.05) is 42.6 Å². The molecule has 0 aliphatic carbocycles. The summed E-state index contributed by atoms with van der Waals surface area (Å²) in [7, 11) is 0. The molecule has 0 saturated heterocycles. The molecule has 4 aromatic rings. The fourth-order valence-electron chi connectivity index (χ4n) is 2.40. The Kier molecular flexibility index (Phi) is 3.87. The van der Waals surface area contributed by atoms with Crippen LogP contribution in [0.1, 0.15) is 10.4 Å². The van der Waals surface area contributed by atoms with Gasteiger partial charge in [0.05, 0.1) is 37.8 Å². The number of para-hydroxylation sites is 2. The Morgan fingerprint density at radius 2 is 2.08 bits per heavy atom. The van der Waals surface area contributed by atoms with Crippen LogP contribution < -0.4 is 5.32 Å². The predicted molar refractivity (Wildman–Crippen MR) is 98.8 cm³/mol. The summed E-state index contributed by atoms with van der Waals surface area (Å²) in [6.07, 6.45) is 3.55. The van der Waals surface area contributed by atoms with Crippen LogP contribution in [0.2, 0.25) is 0 Å². The smallest absolute Gasteiger partial charge is 0.255 e. The quantitative estimate of drug-likeness (QED) is 0.552. The molecule has 0 saturated carbocycles. The summed E-state index contributed by atoms with van der Waals surface area (Å²) in [5, 5.41) is 7.23. The van der Waals surface area contributed by atoms with Crippen molar-refractivity contribution in [1.29, 1.82) is 0 Å². The molecule has 0 fully saturated rings. The molecule has 2 heterocycles. The van der Waals surface area contributed by atoms with Crippen LogP contribution in [0, 0.1) is 0 Å². The number of thiazole rings is 1. The van der Waals surface area contributed by atoms with E-state index in [2.05, 4.69) is 31.3 Å². The van der Waals surface area contributed by atoms with Crippen molar-refractivity contribution < 1.29 is 4.79 Å². The first-order chi connectivity index (χ1) is 11.7. The zero-order valence-corrected chi connectivity index (χ0v) is 14.7. The van der Waals surface area contributed by atoms with Gasteiger partial charge >= 0.3 is 0 Å². The normalized spacial score (nSPS) is 10.9. The Bertz CT molecular complexity index is 1040. The molecule has 2 aromatic heterocycles. The molecular weight excluding hydrogens is 388 g/mol. The number of carbonyl (C=O) groups excluding carboxylic acids is 1. The molecule has 7 heteroatoms. The number of nitrogens with one attached hydrogen (secondary N) is 1. The summed E-state index contributed by atoms with van der Waals surface area (Å²) in [4.78, 5) is 16.8. The maximum Gasteiger partial charge on any atom is 0.255 e. The minimum absolute atomic E-state index is 0.163. The first-order valence-corrected chi connectivity index (χ1v) is 8.82. The molecule has 0 aliphatic rings. The second kappa shape index (κ2) is 6.18. The van der Waals surface area contributed by atoms with E-state index in [-0.39, 0.29) is 5.91 Å². The van der Waals surface area contributed by atoms with Crippen LogP contribution in [0.25, 0.3) is 15.9 Å². The molecule has 1 N–H and O–H groups in total. The second-order valence-corrected chi connectivity index (χ2v) is 6.91. The third kappa shape index (κ3) is 2.83. The number of aromatic nitrogens is 3. The van der Waals surface area contributed by atoms with Gasteiger partial charge in [0, 0.05) is 11.8 Å². The third-order valence-corrected chi connectivity index (χ3v) is 4.74. The first kappa shape index (κ1) is 15.0. The number of benzene rings is 2. The molecule has 0 aliphatic heterocycles. The molecule has 0 spiro atoms. The van der Waals surface area contributed by atoms with Crippen molar-refractivity contribution in [2.24, 2.45) is 0 Å². The van der Waals surface area contributed by atoms with Gasteiger partial charge in [-0.15, -0.1) is 11.3 Å². The molecular formula is C17H11BrN4OS. The van der Waals surface area contributed by atoms with Crippen molar-refractivity contribution in [2.75, 3.05) is 5.32 Å². The van der Waals surface area contributed by atoms with Crippen LogP contribution in [0.3, 0.4) is 0 Å². The van der Waals surface area contributed by atoms with E-state index in [4.69, 9.17) is 0 Å². The van der Waals surface area contributed by atoms with Crippen molar-refractivity contribution in [1.82, 2.24) is 14.8 Å². The maximum atomic E-state index is 12.6. The average molecular weight is 399 g/mol. The lowest BCUT2D eigenvalue weighted by Crippen LogP contribution is -2.13. The minimum Gasteiger partial charge on any atom is -0.320 e. The lowest BCUT2D eigenvalue weighted by Gasteiger charge is -2.11. The molecule has 0 atom stereocenters. The van der Waals surface area contributed by atoms with Crippen LogP contribution in [0.15, 0.2) is 64.8 Å². The highest BCUT2D eigenvalue weighted by Crippen LogP contribution is 2.23. The van der Waals surface area contributed by atoms with Gasteiger partial charge in [-0.05, 0) is 46.3 Å². The van der Waals surface area contributed by atoms with E-state index in [1.54, 1.807) is 22.5 Å². The number of carbonyl (C=O) groups is 1. The highest BCUT2D eigenvalue weighted by molar-refractivity contribution is 9.10. The maximum absolute atomic E-state index is 12.6. The summed E-state index contributed by atoms with van der Waals surface area (Å²) >= 11 is 4.90. The van der Waals surface area contributed by atoms with Crippen molar-refractivity contribution in [3.05, 3.63) is 70.4 Å². The van der Waals surface area contributed by atoms with E-state index in [1.165, 1.54) is 11.3 Å². The number of rotatable bonds is 3. The fourth-order valence-corrected chi connectivity index (χ4v) is 3.40. The molecule has 0 bridgehead atoms. The molecule has 4 rings (SSSR count). The van der Waals surface area contributed by atoms with Gasteiger partial charge in [-0.1, -0.05) is 12.1 Å². The first-order valence-electron chi connectivity index (χ1n) is 7.15. The molecule has 24 heavy (non-hydrogen) atoms. The Morgan fingerprint density at radius 1 is 1.21 bits per heavy atom. The number of anilines is 1. The van der Waals surface area contributed by atoms with Crippen molar-refractivity contribution in [2.45, 2.75) is 0 Å². The third-order valence-electron chi connectivity index (χ3n) is 3.54. The fraction of sp³-hybridized carbons (Fsp3) is 0. The zero-order chi connectivity index (χ0) is 16.5. The highest BCUT2D eigenvalue weighted by atomic mass is 79.9. The Morgan fingerprint density at radius 3 is 2.92 bits per heavy atom. The molecule has 0 radical (unpaired) electrons.